The first-order chi connectivity index (χ1) is 12.5. The number of amides is 1. The van der Waals surface area contributed by atoms with Crippen molar-refractivity contribution in [3.05, 3.63) is 23.3 Å². The molecule has 7 heteroatoms. The van der Waals surface area contributed by atoms with Gasteiger partial charge in [0.1, 0.15) is 0 Å². The standard InChI is InChI=1S/C19H24ClNO5/c1-14(23)26-19-16(6-4-3-5-9-20)12-15(13-17(19)25-2)7-8-18(24)21-10-11-22/h12-13,22H,3,5,7-11H2,1-2H3,(H,21,24). The van der Waals surface area contributed by atoms with Gasteiger partial charge in [0.25, 0.3) is 0 Å². The van der Waals surface area contributed by atoms with Crippen molar-refractivity contribution in [3.8, 4) is 23.3 Å². The lowest BCUT2D eigenvalue weighted by molar-refractivity contribution is -0.132. The van der Waals surface area contributed by atoms with Crippen LogP contribution in [0.1, 0.15) is 37.3 Å². The van der Waals surface area contributed by atoms with Gasteiger partial charge < -0.3 is 19.9 Å². The summed E-state index contributed by atoms with van der Waals surface area (Å²) in [6, 6.07) is 3.51. The van der Waals surface area contributed by atoms with Crippen molar-refractivity contribution in [2.45, 2.75) is 32.6 Å². The molecule has 0 spiro atoms. The van der Waals surface area contributed by atoms with Crippen LogP contribution in [0.4, 0.5) is 0 Å². The Labute approximate surface area is 158 Å². The van der Waals surface area contributed by atoms with E-state index in [0.717, 1.165) is 12.0 Å². The Kier molecular flexibility index (Phi) is 10.2. The number of halogens is 1. The molecule has 0 aliphatic carbocycles. The second-order valence-corrected chi connectivity index (χ2v) is 5.81. The molecule has 26 heavy (non-hydrogen) atoms. The normalized spacial score (nSPS) is 9.85. The minimum Gasteiger partial charge on any atom is -0.493 e. The lowest BCUT2D eigenvalue weighted by Crippen LogP contribution is -2.26. The van der Waals surface area contributed by atoms with Crippen molar-refractivity contribution in [3.63, 3.8) is 0 Å². The van der Waals surface area contributed by atoms with E-state index in [1.54, 1.807) is 12.1 Å². The van der Waals surface area contributed by atoms with E-state index in [9.17, 15) is 9.59 Å². The van der Waals surface area contributed by atoms with E-state index in [2.05, 4.69) is 17.2 Å². The highest BCUT2D eigenvalue weighted by atomic mass is 35.5. The van der Waals surface area contributed by atoms with E-state index in [0.29, 0.717) is 30.0 Å². The smallest absolute Gasteiger partial charge is 0.308 e. The summed E-state index contributed by atoms with van der Waals surface area (Å²) < 4.78 is 10.6. The van der Waals surface area contributed by atoms with Gasteiger partial charge in [0.05, 0.1) is 19.3 Å². The summed E-state index contributed by atoms with van der Waals surface area (Å²) in [6.07, 6.45) is 2.11. The molecule has 0 aliphatic rings. The molecule has 1 aromatic carbocycles. The van der Waals surface area contributed by atoms with Crippen LogP contribution in [-0.4, -0.2) is 43.1 Å². The lowest BCUT2D eigenvalue weighted by Gasteiger charge is -2.13. The van der Waals surface area contributed by atoms with Crippen LogP contribution >= 0.6 is 11.6 Å². The summed E-state index contributed by atoms with van der Waals surface area (Å²) in [4.78, 5) is 23.1. The molecule has 1 amide bonds. The van der Waals surface area contributed by atoms with Gasteiger partial charge in [-0.25, -0.2) is 0 Å². The number of carbonyl (C=O) groups is 2. The maximum atomic E-state index is 11.7. The van der Waals surface area contributed by atoms with Gasteiger partial charge >= 0.3 is 5.97 Å². The van der Waals surface area contributed by atoms with E-state index in [4.69, 9.17) is 26.2 Å². The molecule has 0 radical (unpaired) electrons. The molecule has 0 fully saturated rings. The van der Waals surface area contributed by atoms with Crippen LogP contribution in [-0.2, 0) is 16.0 Å². The van der Waals surface area contributed by atoms with Crippen molar-refractivity contribution in [1.29, 1.82) is 0 Å². The van der Waals surface area contributed by atoms with Gasteiger partial charge in [0.15, 0.2) is 11.5 Å². The lowest BCUT2D eigenvalue weighted by atomic mass is 10.0. The Balaban J connectivity index is 3.06. The average Bonchev–Trinajstić information content (AvgIpc) is 2.62. The molecule has 1 aromatic rings. The molecule has 142 valence electrons. The highest BCUT2D eigenvalue weighted by Gasteiger charge is 2.15. The summed E-state index contributed by atoms with van der Waals surface area (Å²) >= 11 is 5.65. The van der Waals surface area contributed by atoms with Crippen LogP contribution in [0.15, 0.2) is 12.1 Å². The number of benzene rings is 1. The number of hydrogen-bond donors (Lipinski definition) is 2. The van der Waals surface area contributed by atoms with Gasteiger partial charge in [-0.1, -0.05) is 11.8 Å². The number of unbranched alkanes of at least 4 members (excludes halogenated alkanes) is 1. The number of alkyl halides is 1. The number of aliphatic hydroxyl groups excluding tert-OH is 1. The number of methoxy groups -OCH3 is 1. The first kappa shape index (κ1) is 21.8. The van der Waals surface area contributed by atoms with Crippen LogP contribution in [0.5, 0.6) is 11.5 Å². The third kappa shape index (κ3) is 7.77. The van der Waals surface area contributed by atoms with Gasteiger partial charge in [-0.3, -0.25) is 9.59 Å². The highest BCUT2D eigenvalue weighted by molar-refractivity contribution is 6.17. The van der Waals surface area contributed by atoms with Gasteiger partial charge in [-0.05, 0) is 30.5 Å². The number of carbonyl (C=O) groups excluding carboxylic acids is 2. The minimum absolute atomic E-state index is 0.0985. The summed E-state index contributed by atoms with van der Waals surface area (Å²) in [7, 11) is 1.48. The van der Waals surface area contributed by atoms with E-state index in [1.807, 2.05) is 0 Å². The fourth-order valence-electron chi connectivity index (χ4n) is 2.15. The van der Waals surface area contributed by atoms with Gasteiger partial charge in [0, 0.05) is 32.2 Å². The third-order valence-electron chi connectivity index (χ3n) is 3.31. The summed E-state index contributed by atoms with van der Waals surface area (Å²) in [6.45, 7) is 1.44. The zero-order valence-electron chi connectivity index (χ0n) is 15.1. The Bertz CT molecular complexity index is 678. The van der Waals surface area contributed by atoms with Crippen LogP contribution in [0.25, 0.3) is 0 Å². The molecule has 0 aliphatic heterocycles. The van der Waals surface area contributed by atoms with Crippen molar-refractivity contribution >= 4 is 23.5 Å². The summed E-state index contributed by atoms with van der Waals surface area (Å²) in [5, 5.41) is 11.3. The van der Waals surface area contributed by atoms with Crippen LogP contribution in [0.2, 0.25) is 0 Å². The fourth-order valence-corrected chi connectivity index (χ4v) is 2.29. The topological polar surface area (TPSA) is 84.9 Å². The molecule has 0 heterocycles. The van der Waals surface area contributed by atoms with E-state index in [-0.39, 0.29) is 31.2 Å². The third-order valence-corrected chi connectivity index (χ3v) is 3.58. The second-order valence-electron chi connectivity index (χ2n) is 5.44. The predicted octanol–water partition coefficient (Wildman–Crippen LogP) is 2.03. The quantitative estimate of drug-likeness (QED) is 0.225. The number of nitrogens with one attached hydrogen (secondary N) is 1. The number of aliphatic hydroxyl groups is 1. The molecule has 0 unspecified atom stereocenters. The monoisotopic (exact) mass is 381 g/mol. The van der Waals surface area contributed by atoms with Gasteiger partial charge in [-0.15, -0.1) is 11.6 Å². The molecule has 0 atom stereocenters. The SMILES string of the molecule is COc1cc(CCC(=O)NCCO)cc(C#CCCCCl)c1OC(C)=O. The zero-order valence-corrected chi connectivity index (χ0v) is 15.8. The van der Waals surface area contributed by atoms with Crippen LogP contribution in [0, 0.1) is 11.8 Å². The number of rotatable bonds is 9. The molecule has 0 aromatic heterocycles. The molecule has 1 rings (SSSR count). The highest BCUT2D eigenvalue weighted by Crippen LogP contribution is 2.33. The van der Waals surface area contributed by atoms with Crippen molar-refractivity contribution < 1.29 is 24.2 Å². The maximum absolute atomic E-state index is 11.7. The Morgan fingerprint density at radius 1 is 1.35 bits per heavy atom. The number of aryl methyl sites for hydroxylation is 1. The fraction of sp³-hybridized carbons (Fsp3) is 0.474. The maximum Gasteiger partial charge on any atom is 0.308 e. The van der Waals surface area contributed by atoms with Crippen LogP contribution in [0.3, 0.4) is 0 Å². The van der Waals surface area contributed by atoms with E-state index >= 15 is 0 Å². The van der Waals surface area contributed by atoms with Crippen molar-refractivity contribution in [2.75, 3.05) is 26.1 Å². The second kappa shape index (κ2) is 12.2. The molecular weight excluding hydrogens is 358 g/mol. The Hall–Kier alpha value is -2.23. The first-order valence-corrected chi connectivity index (χ1v) is 8.87. The molecular formula is C19H24ClNO5. The molecule has 0 bridgehead atoms. The molecule has 0 saturated carbocycles. The van der Waals surface area contributed by atoms with E-state index in [1.165, 1.54) is 14.0 Å². The van der Waals surface area contributed by atoms with Gasteiger partial charge in [0.2, 0.25) is 5.91 Å². The zero-order chi connectivity index (χ0) is 19.4. The minimum atomic E-state index is -0.469. The Morgan fingerprint density at radius 3 is 2.73 bits per heavy atom. The first-order valence-electron chi connectivity index (χ1n) is 8.33. The molecule has 0 saturated heterocycles. The number of esters is 1. The summed E-state index contributed by atoms with van der Waals surface area (Å²) in [5.74, 6) is 6.55. The number of hydrogen-bond acceptors (Lipinski definition) is 5. The summed E-state index contributed by atoms with van der Waals surface area (Å²) in [5.41, 5.74) is 1.36. The Morgan fingerprint density at radius 2 is 2.12 bits per heavy atom. The van der Waals surface area contributed by atoms with Gasteiger partial charge in [-0.2, -0.15) is 0 Å². The molecule has 2 N–H and O–H groups in total. The van der Waals surface area contributed by atoms with Crippen molar-refractivity contribution in [2.24, 2.45) is 0 Å². The predicted molar refractivity (Wildman–Crippen MR) is 99.6 cm³/mol. The average molecular weight is 382 g/mol. The van der Waals surface area contributed by atoms with Crippen molar-refractivity contribution in [1.82, 2.24) is 5.32 Å². The molecule has 6 nitrogen and oxygen atoms in total. The van der Waals surface area contributed by atoms with Crippen LogP contribution < -0.4 is 14.8 Å². The number of ether oxygens (including phenoxy) is 2. The van der Waals surface area contributed by atoms with E-state index < -0.39 is 5.97 Å². The largest absolute Gasteiger partial charge is 0.493 e.